The van der Waals surface area contributed by atoms with Gasteiger partial charge in [-0.15, -0.1) is 0 Å². The summed E-state index contributed by atoms with van der Waals surface area (Å²) in [7, 11) is 0. The van der Waals surface area contributed by atoms with Crippen LogP contribution in [0.2, 0.25) is 5.02 Å². The molecule has 0 atom stereocenters. The molecule has 0 aliphatic rings. The zero-order valence-electron chi connectivity index (χ0n) is 11.3. The molecule has 108 valence electrons. The van der Waals surface area contributed by atoms with Crippen LogP contribution in [0.15, 0.2) is 18.2 Å². The van der Waals surface area contributed by atoms with Gasteiger partial charge in [0, 0.05) is 25.8 Å². The third kappa shape index (κ3) is 7.35. The van der Waals surface area contributed by atoms with Gasteiger partial charge in [-0.25, -0.2) is 4.39 Å². The van der Waals surface area contributed by atoms with E-state index in [1.54, 1.807) is 6.07 Å². The molecule has 0 bridgehead atoms. The average molecular weight is 290 g/mol. The second-order valence-corrected chi connectivity index (χ2v) is 4.49. The highest BCUT2D eigenvalue weighted by Gasteiger charge is 2.01. The van der Waals surface area contributed by atoms with E-state index in [1.165, 1.54) is 12.1 Å². The van der Waals surface area contributed by atoms with E-state index in [1.807, 2.05) is 6.92 Å². The number of benzene rings is 1. The van der Waals surface area contributed by atoms with Gasteiger partial charge in [-0.3, -0.25) is 0 Å². The molecule has 0 saturated carbocycles. The van der Waals surface area contributed by atoms with Gasteiger partial charge in [-0.1, -0.05) is 11.6 Å². The van der Waals surface area contributed by atoms with Crippen molar-refractivity contribution in [3.05, 3.63) is 29.0 Å². The van der Waals surface area contributed by atoms with E-state index in [0.717, 1.165) is 39.1 Å². The fourth-order valence-corrected chi connectivity index (χ4v) is 1.70. The van der Waals surface area contributed by atoms with E-state index < -0.39 is 5.82 Å². The molecule has 3 nitrogen and oxygen atoms in total. The van der Waals surface area contributed by atoms with Gasteiger partial charge in [0.15, 0.2) is 0 Å². The Hall–Kier alpha value is -0.840. The third-order valence-electron chi connectivity index (χ3n) is 2.53. The first-order valence-corrected chi connectivity index (χ1v) is 6.98. The van der Waals surface area contributed by atoms with E-state index >= 15 is 0 Å². The fourth-order valence-electron chi connectivity index (χ4n) is 1.53. The zero-order valence-corrected chi connectivity index (χ0v) is 12.0. The van der Waals surface area contributed by atoms with E-state index in [2.05, 4.69) is 5.32 Å². The van der Waals surface area contributed by atoms with E-state index in [0.29, 0.717) is 12.4 Å². The van der Waals surface area contributed by atoms with Gasteiger partial charge >= 0.3 is 0 Å². The molecular formula is C14H21ClFNO2. The van der Waals surface area contributed by atoms with Crippen molar-refractivity contribution < 1.29 is 13.9 Å². The molecule has 0 heterocycles. The topological polar surface area (TPSA) is 30.5 Å². The smallest absolute Gasteiger partial charge is 0.142 e. The normalized spacial score (nSPS) is 10.7. The number of rotatable bonds is 10. The summed E-state index contributed by atoms with van der Waals surface area (Å²) in [6.07, 6.45) is 2.15. The maximum Gasteiger partial charge on any atom is 0.142 e. The van der Waals surface area contributed by atoms with Crippen molar-refractivity contribution >= 4 is 11.6 Å². The second kappa shape index (κ2) is 10.0. The highest BCUT2D eigenvalue weighted by atomic mass is 35.5. The Balaban J connectivity index is 2.00. The van der Waals surface area contributed by atoms with Crippen molar-refractivity contribution in [3.8, 4) is 5.75 Å². The quantitative estimate of drug-likeness (QED) is 0.671. The van der Waals surface area contributed by atoms with Crippen molar-refractivity contribution in [2.75, 3.05) is 32.9 Å². The van der Waals surface area contributed by atoms with Crippen molar-refractivity contribution in [2.24, 2.45) is 0 Å². The number of hydrogen-bond acceptors (Lipinski definition) is 3. The number of unbranched alkanes of at least 4 members (excludes halogenated alkanes) is 1. The number of hydrogen-bond donors (Lipinski definition) is 1. The highest BCUT2D eigenvalue weighted by molar-refractivity contribution is 6.30. The van der Waals surface area contributed by atoms with Gasteiger partial charge in [0.05, 0.1) is 5.02 Å². The first-order chi connectivity index (χ1) is 9.24. The average Bonchev–Trinajstić information content (AvgIpc) is 2.41. The molecule has 1 N–H and O–H groups in total. The van der Waals surface area contributed by atoms with E-state index in [-0.39, 0.29) is 5.02 Å². The van der Waals surface area contributed by atoms with Gasteiger partial charge in [-0.05, 0) is 38.4 Å². The van der Waals surface area contributed by atoms with Crippen LogP contribution in [0.4, 0.5) is 4.39 Å². The standard InChI is InChI=1S/C14H21ClFNO2/c1-2-18-9-4-3-7-17-8-10-19-12-5-6-14(16)13(15)11-12/h5-6,11,17H,2-4,7-10H2,1H3. The van der Waals surface area contributed by atoms with Gasteiger partial charge in [0.1, 0.15) is 18.2 Å². The summed E-state index contributed by atoms with van der Waals surface area (Å²) in [5.74, 6) is 0.158. The second-order valence-electron chi connectivity index (χ2n) is 4.08. The Bertz CT molecular complexity index is 363. The maximum absolute atomic E-state index is 12.9. The molecule has 0 saturated heterocycles. The SMILES string of the molecule is CCOCCCCNCCOc1ccc(F)c(Cl)c1. The lowest BCUT2D eigenvalue weighted by Gasteiger charge is -2.08. The molecule has 1 aromatic carbocycles. The molecule has 19 heavy (non-hydrogen) atoms. The summed E-state index contributed by atoms with van der Waals surface area (Å²) in [5.41, 5.74) is 0. The summed E-state index contributed by atoms with van der Waals surface area (Å²) in [6, 6.07) is 4.36. The van der Waals surface area contributed by atoms with Crippen LogP contribution < -0.4 is 10.1 Å². The van der Waals surface area contributed by atoms with Crippen molar-refractivity contribution in [1.29, 1.82) is 0 Å². The van der Waals surface area contributed by atoms with Gasteiger partial charge in [-0.2, -0.15) is 0 Å². The first-order valence-electron chi connectivity index (χ1n) is 6.60. The third-order valence-corrected chi connectivity index (χ3v) is 2.82. The number of halogens is 2. The van der Waals surface area contributed by atoms with Gasteiger partial charge in [0.25, 0.3) is 0 Å². The Morgan fingerprint density at radius 1 is 1.21 bits per heavy atom. The molecule has 0 radical (unpaired) electrons. The van der Waals surface area contributed by atoms with Crippen LogP contribution in [0, 0.1) is 5.82 Å². The minimum Gasteiger partial charge on any atom is -0.492 e. The molecular weight excluding hydrogens is 269 g/mol. The molecule has 1 aromatic rings. The lowest BCUT2D eigenvalue weighted by Crippen LogP contribution is -2.22. The van der Waals surface area contributed by atoms with Crippen LogP contribution >= 0.6 is 11.6 Å². The summed E-state index contributed by atoms with van der Waals surface area (Å²) in [6.45, 7) is 5.83. The minimum atomic E-state index is -0.429. The van der Waals surface area contributed by atoms with Crippen LogP contribution in [0.1, 0.15) is 19.8 Å². The first kappa shape index (κ1) is 16.2. The summed E-state index contributed by atoms with van der Waals surface area (Å²) in [5, 5.41) is 3.36. The number of ether oxygens (including phenoxy) is 2. The lowest BCUT2D eigenvalue weighted by molar-refractivity contribution is 0.143. The van der Waals surface area contributed by atoms with Crippen LogP contribution in [0.3, 0.4) is 0 Å². The van der Waals surface area contributed by atoms with Crippen molar-refractivity contribution in [2.45, 2.75) is 19.8 Å². The lowest BCUT2D eigenvalue weighted by atomic mass is 10.3. The van der Waals surface area contributed by atoms with Crippen molar-refractivity contribution in [3.63, 3.8) is 0 Å². The van der Waals surface area contributed by atoms with Crippen molar-refractivity contribution in [1.82, 2.24) is 5.32 Å². The fraction of sp³-hybridized carbons (Fsp3) is 0.571. The zero-order chi connectivity index (χ0) is 13.9. The summed E-state index contributed by atoms with van der Waals surface area (Å²) < 4.78 is 23.6. The molecule has 0 spiro atoms. The largest absolute Gasteiger partial charge is 0.492 e. The molecule has 0 amide bonds. The predicted molar refractivity (Wildman–Crippen MR) is 75.5 cm³/mol. The molecule has 5 heteroatoms. The molecule has 0 aliphatic heterocycles. The molecule has 0 aromatic heterocycles. The summed E-state index contributed by atoms with van der Waals surface area (Å²) in [4.78, 5) is 0. The monoisotopic (exact) mass is 289 g/mol. The van der Waals surface area contributed by atoms with Crippen LogP contribution in [-0.2, 0) is 4.74 Å². The maximum atomic E-state index is 12.9. The predicted octanol–water partition coefficient (Wildman–Crippen LogP) is 3.26. The molecule has 0 fully saturated rings. The highest BCUT2D eigenvalue weighted by Crippen LogP contribution is 2.20. The van der Waals surface area contributed by atoms with Gasteiger partial charge in [0.2, 0.25) is 0 Å². The Morgan fingerprint density at radius 3 is 2.79 bits per heavy atom. The summed E-state index contributed by atoms with van der Waals surface area (Å²) >= 11 is 5.65. The van der Waals surface area contributed by atoms with E-state index in [9.17, 15) is 4.39 Å². The molecule has 0 unspecified atom stereocenters. The van der Waals surface area contributed by atoms with Crippen LogP contribution in [0.25, 0.3) is 0 Å². The minimum absolute atomic E-state index is 0.0846. The molecule has 1 rings (SSSR count). The van der Waals surface area contributed by atoms with Crippen LogP contribution in [0.5, 0.6) is 5.75 Å². The Labute approximate surface area is 119 Å². The Kier molecular flexibility index (Phi) is 8.54. The van der Waals surface area contributed by atoms with Gasteiger partial charge < -0.3 is 14.8 Å². The molecule has 0 aliphatic carbocycles. The van der Waals surface area contributed by atoms with Crippen LogP contribution in [-0.4, -0.2) is 32.9 Å². The Morgan fingerprint density at radius 2 is 2.05 bits per heavy atom. The number of nitrogens with one attached hydrogen (secondary N) is 1. The van der Waals surface area contributed by atoms with E-state index in [4.69, 9.17) is 21.1 Å².